The molecule has 3 rings (SSSR count). The maximum atomic E-state index is 13.3. The third-order valence-corrected chi connectivity index (χ3v) is 7.28. The first-order valence-electron chi connectivity index (χ1n) is 11.4. The Morgan fingerprint density at radius 2 is 1.70 bits per heavy atom. The number of thioether (sulfide) groups is 1. The molecule has 0 radical (unpaired) electrons. The fraction of sp³-hybridized carbons (Fsp3) is 0.462. The summed E-state index contributed by atoms with van der Waals surface area (Å²) in [5.41, 5.74) is 1.46. The lowest BCUT2D eigenvalue weighted by atomic mass is 9.94. The fourth-order valence-corrected chi connectivity index (χ4v) is 5.26. The monoisotopic (exact) mass is 470 g/mol. The molecule has 1 fully saturated rings. The topological polar surface area (TPSA) is 59.1 Å². The second kappa shape index (κ2) is 12.0. The molecule has 1 aliphatic rings. The van der Waals surface area contributed by atoms with Crippen molar-refractivity contribution in [2.24, 2.45) is 0 Å². The molecule has 178 valence electrons. The number of hydrogen-bond donors (Lipinski definition) is 0. The maximum absolute atomic E-state index is 13.3. The van der Waals surface area contributed by atoms with Crippen molar-refractivity contribution in [1.29, 1.82) is 0 Å². The fourth-order valence-electron chi connectivity index (χ4n) is 4.29. The average Bonchev–Trinajstić information content (AvgIpc) is 2.86. The minimum absolute atomic E-state index is 0.101. The van der Waals surface area contributed by atoms with E-state index in [-0.39, 0.29) is 11.8 Å². The van der Waals surface area contributed by atoms with Gasteiger partial charge in [0, 0.05) is 37.1 Å². The largest absolute Gasteiger partial charge is 0.493 e. The SMILES string of the molecule is COc1cccc(CN(C)C(=O)c2ccccc2SCC(=O)N(C)C2CCCCC2)c1OC. The summed E-state index contributed by atoms with van der Waals surface area (Å²) in [6.07, 6.45) is 5.81. The number of amides is 2. The quantitative estimate of drug-likeness (QED) is 0.490. The molecule has 6 nitrogen and oxygen atoms in total. The highest BCUT2D eigenvalue weighted by molar-refractivity contribution is 8.00. The number of methoxy groups -OCH3 is 2. The number of carbonyl (C=O) groups is 2. The lowest BCUT2D eigenvalue weighted by Crippen LogP contribution is -2.39. The number of para-hydroxylation sites is 1. The normalized spacial score (nSPS) is 13.9. The van der Waals surface area contributed by atoms with Crippen LogP contribution in [0, 0.1) is 0 Å². The summed E-state index contributed by atoms with van der Waals surface area (Å²) in [5.74, 6) is 1.59. The smallest absolute Gasteiger partial charge is 0.255 e. The van der Waals surface area contributed by atoms with Crippen LogP contribution in [0.25, 0.3) is 0 Å². The van der Waals surface area contributed by atoms with Crippen LogP contribution in [0.5, 0.6) is 11.5 Å². The standard InChI is InChI=1S/C26H34N2O4S/c1-27(17-19-11-10-15-22(31-3)25(19)32-4)26(30)21-14-8-9-16-23(21)33-18-24(29)28(2)20-12-6-5-7-13-20/h8-11,14-16,20H,5-7,12-13,17-18H2,1-4H3. The van der Waals surface area contributed by atoms with Gasteiger partial charge in [0.1, 0.15) is 0 Å². The number of benzene rings is 2. The molecule has 0 unspecified atom stereocenters. The molecule has 0 aromatic heterocycles. The van der Waals surface area contributed by atoms with E-state index in [4.69, 9.17) is 9.47 Å². The van der Waals surface area contributed by atoms with Crippen molar-refractivity contribution in [3.8, 4) is 11.5 Å². The molecule has 33 heavy (non-hydrogen) atoms. The van der Waals surface area contributed by atoms with Crippen LogP contribution in [0.2, 0.25) is 0 Å². The molecule has 0 spiro atoms. The first kappa shape index (κ1) is 25.0. The van der Waals surface area contributed by atoms with Gasteiger partial charge in [-0.1, -0.05) is 43.5 Å². The zero-order valence-electron chi connectivity index (χ0n) is 20.0. The summed E-state index contributed by atoms with van der Waals surface area (Å²) in [6.45, 7) is 0.377. The highest BCUT2D eigenvalue weighted by atomic mass is 32.2. The first-order chi connectivity index (χ1) is 16.0. The second-order valence-corrected chi connectivity index (χ2v) is 9.41. The summed E-state index contributed by atoms with van der Waals surface area (Å²) < 4.78 is 10.9. The van der Waals surface area contributed by atoms with Crippen LogP contribution in [-0.4, -0.2) is 61.7 Å². The summed E-state index contributed by atoms with van der Waals surface area (Å²) >= 11 is 1.43. The molecule has 0 atom stereocenters. The van der Waals surface area contributed by atoms with E-state index in [2.05, 4.69) is 0 Å². The molecule has 0 heterocycles. The van der Waals surface area contributed by atoms with Crippen molar-refractivity contribution in [2.75, 3.05) is 34.1 Å². The van der Waals surface area contributed by atoms with Crippen molar-refractivity contribution < 1.29 is 19.1 Å². The summed E-state index contributed by atoms with van der Waals surface area (Å²) in [6, 6.07) is 13.5. The Morgan fingerprint density at radius 1 is 0.970 bits per heavy atom. The molecule has 1 aliphatic carbocycles. The van der Waals surface area contributed by atoms with E-state index in [1.807, 2.05) is 54.4 Å². The maximum Gasteiger partial charge on any atom is 0.255 e. The van der Waals surface area contributed by atoms with E-state index in [0.29, 0.717) is 35.4 Å². The Kier molecular flexibility index (Phi) is 9.06. The lowest BCUT2D eigenvalue weighted by Gasteiger charge is -2.31. The van der Waals surface area contributed by atoms with Gasteiger partial charge in [-0.05, 0) is 31.0 Å². The average molecular weight is 471 g/mol. The Balaban J connectivity index is 1.68. The van der Waals surface area contributed by atoms with Crippen molar-refractivity contribution in [3.05, 3.63) is 53.6 Å². The van der Waals surface area contributed by atoms with Crippen LogP contribution in [0.1, 0.15) is 48.0 Å². The Labute approximate surface area is 201 Å². The van der Waals surface area contributed by atoms with Crippen LogP contribution in [-0.2, 0) is 11.3 Å². The van der Waals surface area contributed by atoms with Crippen LogP contribution in [0.3, 0.4) is 0 Å². The highest BCUT2D eigenvalue weighted by Crippen LogP contribution is 2.32. The number of nitrogens with zero attached hydrogens (tertiary/aromatic N) is 2. The van der Waals surface area contributed by atoms with Crippen LogP contribution < -0.4 is 9.47 Å². The second-order valence-electron chi connectivity index (χ2n) is 8.40. The van der Waals surface area contributed by atoms with E-state index < -0.39 is 0 Å². The Hall–Kier alpha value is -2.67. The highest BCUT2D eigenvalue weighted by Gasteiger charge is 2.23. The van der Waals surface area contributed by atoms with E-state index >= 15 is 0 Å². The van der Waals surface area contributed by atoms with E-state index in [0.717, 1.165) is 23.3 Å². The number of rotatable bonds is 9. The number of hydrogen-bond acceptors (Lipinski definition) is 5. The molecule has 0 aliphatic heterocycles. The van der Waals surface area contributed by atoms with Crippen LogP contribution in [0.4, 0.5) is 0 Å². The third kappa shape index (κ3) is 6.22. The van der Waals surface area contributed by atoms with Gasteiger partial charge in [0.2, 0.25) is 5.91 Å². The molecule has 2 aromatic carbocycles. The Bertz CT molecular complexity index is 959. The summed E-state index contributed by atoms with van der Waals surface area (Å²) in [4.78, 5) is 30.5. The molecule has 2 amide bonds. The molecular weight excluding hydrogens is 436 g/mol. The van der Waals surface area contributed by atoms with Gasteiger partial charge < -0.3 is 19.3 Å². The minimum Gasteiger partial charge on any atom is -0.493 e. The van der Waals surface area contributed by atoms with Crippen LogP contribution in [0.15, 0.2) is 47.4 Å². The molecule has 0 bridgehead atoms. The first-order valence-corrected chi connectivity index (χ1v) is 12.4. The predicted octanol–water partition coefficient (Wildman–Crippen LogP) is 4.86. The molecule has 0 N–H and O–H groups in total. The Morgan fingerprint density at radius 3 is 2.39 bits per heavy atom. The zero-order valence-corrected chi connectivity index (χ0v) is 20.8. The van der Waals surface area contributed by atoms with Gasteiger partial charge in [-0.3, -0.25) is 9.59 Å². The molecule has 2 aromatic rings. The zero-order chi connectivity index (χ0) is 23.8. The van der Waals surface area contributed by atoms with E-state index in [1.165, 1.54) is 31.0 Å². The van der Waals surface area contributed by atoms with Gasteiger partial charge in [0.15, 0.2) is 11.5 Å². The van der Waals surface area contributed by atoms with Crippen LogP contribution >= 0.6 is 11.8 Å². The molecule has 0 saturated heterocycles. The van der Waals surface area contributed by atoms with Gasteiger partial charge in [-0.2, -0.15) is 0 Å². The van der Waals surface area contributed by atoms with E-state index in [1.54, 1.807) is 26.2 Å². The predicted molar refractivity (Wildman–Crippen MR) is 132 cm³/mol. The molecule has 7 heteroatoms. The van der Waals surface area contributed by atoms with Crippen molar-refractivity contribution in [2.45, 2.75) is 49.6 Å². The third-order valence-electron chi connectivity index (χ3n) is 6.22. The van der Waals surface area contributed by atoms with Gasteiger partial charge in [-0.25, -0.2) is 0 Å². The van der Waals surface area contributed by atoms with Crippen molar-refractivity contribution >= 4 is 23.6 Å². The molecule has 1 saturated carbocycles. The minimum atomic E-state index is -0.101. The van der Waals surface area contributed by atoms with Gasteiger partial charge in [0.05, 0.1) is 25.5 Å². The molecular formula is C26H34N2O4S. The van der Waals surface area contributed by atoms with Gasteiger partial charge in [-0.15, -0.1) is 11.8 Å². The number of carbonyl (C=O) groups excluding carboxylic acids is 2. The summed E-state index contributed by atoms with van der Waals surface area (Å²) in [7, 11) is 6.86. The summed E-state index contributed by atoms with van der Waals surface area (Å²) in [5, 5.41) is 0. The van der Waals surface area contributed by atoms with E-state index in [9.17, 15) is 9.59 Å². The van der Waals surface area contributed by atoms with Gasteiger partial charge >= 0.3 is 0 Å². The van der Waals surface area contributed by atoms with Crippen molar-refractivity contribution in [3.63, 3.8) is 0 Å². The lowest BCUT2D eigenvalue weighted by molar-refractivity contribution is -0.129. The van der Waals surface area contributed by atoms with Gasteiger partial charge in [0.25, 0.3) is 5.91 Å². The van der Waals surface area contributed by atoms with Crippen molar-refractivity contribution in [1.82, 2.24) is 9.80 Å². The number of ether oxygens (including phenoxy) is 2.